The first-order valence-electron chi connectivity index (χ1n) is 12.2. The van der Waals surface area contributed by atoms with Gasteiger partial charge < -0.3 is 28.3 Å². The third-order valence-corrected chi connectivity index (χ3v) is 6.92. The molecule has 0 radical (unpaired) electrons. The van der Waals surface area contributed by atoms with Gasteiger partial charge in [-0.05, 0) is 60.9 Å². The number of carbonyl (C=O) groups excluding carboxylic acids is 1. The number of benzene rings is 3. The van der Waals surface area contributed by atoms with Crippen LogP contribution in [-0.4, -0.2) is 45.8 Å². The fourth-order valence-corrected chi connectivity index (χ4v) is 5.01. The maximum absolute atomic E-state index is 13.9. The predicted octanol–water partition coefficient (Wildman–Crippen LogP) is 4.92. The van der Waals surface area contributed by atoms with Crippen molar-refractivity contribution in [3.8, 4) is 23.0 Å². The van der Waals surface area contributed by atoms with Gasteiger partial charge in [-0.2, -0.15) is 0 Å². The first-order chi connectivity index (χ1) is 18.4. The van der Waals surface area contributed by atoms with Crippen molar-refractivity contribution in [2.45, 2.75) is 19.4 Å². The fraction of sp³-hybridized carbons (Fsp3) is 0.267. The number of carbonyl (C=O) groups is 1. The lowest BCUT2D eigenvalue weighted by atomic mass is 9.97. The van der Waals surface area contributed by atoms with E-state index in [1.165, 1.54) is 21.3 Å². The lowest BCUT2D eigenvalue weighted by molar-refractivity contribution is 0.0729. The number of fused-ring (bicyclic) bond motifs is 2. The topological polar surface area (TPSA) is 87.4 Å². The summed E-state index contributed by atoms with van der Waals surface area (Å²) in [6.07, 6.45) is 0.567. The number of hydrogen-bond acceptors (Lipinski definition) is 7. The molecule has 0 N–H and O–H groups in total. The molecule has 0 saturated heterocycles. The minimum atomic E-state index is -0.703. The van der Waals surface area contributed by atoms with E-state index in [1.807, 2.05) is 37.3 Å². The van der Waals surface area contributed by atoms with Gasteiger partial charge in [-0.3, -0.25) is 9.59 Å². The van der Waals surface area contributed by atoms with Gasteiger partial charge >= 0.3 is 0 Å². The van der Waals surface area contributed by atoms with Crippen molar-refractivity contribution < 1.29 is 28.2 Å². The van der Waals surface area contributed by atoms with Gasteiger partial charge in [0.2, 0.25) is 11.5 Å². The van der Waals surface area contributed by atoms with E-state index in [0.717, 1.165) is 16.9 Å². The van der Waals surface area contributed by atoms with Crippen LogP contribution in [0.25, 0.3) is 11.0 Å². The molecular weight excluding hydrogens is 486 g/mol. The Morgan fingerprint density at radius 1 is 0.842 bits per heavy atom. The van der Waals surface area contributed by atoms with Crippen LogP contribution in [0.1, 0.15) is 38.9 Å². The summed E-state index contributed by atoms with van der Waals surface area (Å²) >= 11 is 0. The van der Waals surface area contributed by atoms with Gasteiger partial charge in [0.25, 0.3) is 5.91 Å². The molecule has 1 atom stereocenters. The lowest BCUT2D eigenvalue weighted by Gasteiger charge is -2.26. The highest BCUT2D eigenvalue weighted by atomic mass is 16.5. The Hall–Kier alpha value is -4.46. The number of rotatable bonds is 8. The maximum atomic E-state index is 13.9. The zero-order valence-corrected chi connectivity index (χ0v) is 22.0. The molecule has 0 aliphatic carbocycles. The third kappa shape index (κ3) is 4.22. The third-order valence-electron chi connectivity index (χ3n) is 6.92. The molecule has 8 nitrogen and oxygen atoms in total. The van der Waals surface area contributed by atoms with E-state index in [9.17, 15) is 9.59 Å². The number of nitrogens with zero attached hydrogens (tertiary/aromatic N) is 1. The molecule has 0 saturated carbocycles. The fourth-order valence-electron chi connectivity index (χ4n) is 5.01. The number of aryl methyl sites for hydroxylation is 1. The van der Waals surface area contributed by atoms with Crippen LogP contribution in [-0.2, 0) is 6.42 Å². The molecule has 4 aromatic rings. The molecule has 3 aromatic carbocycles. The molecule has 1 aliphatic rings. The van der Waals surface area contributed by atoms with Crippen LogP contribution in [0.5, 0.6) is 23.0 Å². The Kier molecular flexibility index (Phi) is 6.72. The van der Waals surface area contributed by atoms with Crippen LogP contribution >= 0.6 is 0 Å². The second kappa shape index (κ2) is 10.1. The van der Waals surface area contributed by atoms with E-state index in [4.69, 9.17) is 23.4 Å². The van der Waals surface area contributed by atoms with Gasteiger partial charge in [0.15, 0.2) is 16.9 Å². The molecule has 0 unspecified atom stereocenters. The molecule has 1 amide bonds. The highest BCUT2D eigenvalue weighted by molar-refractivity contribution is 5.99. The number of ether oxygens (including phenoxy) is 4. The Bertz CT molecular complexity index is 1550. The van der Waals surface area contributed by atoms with Crippen molar-refractivity contribution in [1.29, 1.82) is 0 Å². The molecule has 1 aromatic heterocycles. The predicted molar refractivity (Wildman–Crippen MR) is 143 cm³/mol. The lowest BCUT2D eigenvalue weighted by Crippen LogP contribution is -2.31. The van der Waals surface area contributed by atoms with Crippen LogP contribution < -0.4 is 24.4 Å². The van der Waals surface area contributed by atoms with Crippen LogP contribution in [0.15, 0.2) is 63.8 Å². The normalized spacial score (nSPS) is 14.5. The zero-order chi connectivity index (χ0) is 27.0. The number of amides is 1. The van der Waals surface area contributed by atoms with Crippen molar-refractivity contribution in [3.63, 3.8) is 0 Å². The summed E-state index contributed by atoms with van der Waals surface area (Å²) < 4.78 is 28.0. The Morgan fingerprint density at radius 2 is 1.53 bits per heavy atom. The number of methoxy groups -OCH3 is 4. The molecule has 1 aliphatic heterocycles. The van der Waals surface area contributed by atoms with Crippen LogP contribution in [0.3, 0.4) is 0 Å². The highest BCUT2D eigenvalue weighted by Crippen LogP contribution is 2.45. The second-order valence-electron chi connectivity index (χ2n) is 9.13. The minimum Gasteiger partial charge on any atom is -0.497 e. The molecule has 5 rings (SSSR count). The van der Waals surface area contributed by atoms with Gasteiger partial charge in [0, 0.05) is 6.54 Å². The van der Waals surface area contributed by atoms with Crippen molar-refractivity contribution >= 4 is 16.9 Å². The SMILES string of the molecule is COc1ccc(CCN2C(=O)c3oc4ccc(C)cc4c(=O)c3[C@@H]2c2cc(OC)c(OC)c(OC)c2)cc1. The first-order valence-corrected chi connectivity index (χ1v) is 12.2. The molecule has 0 bridgehead atoms. The van der Waals surface area contributed by atoms with E-state index < -0.39 is 6.04 Å². The average Bonchev–Trinajstić information content (AvgIpc) is 3.23. The smallest absolute Gasteiger partial charge is 0.290 e. The van der Waals surface area contributed by atoms with Crippen LogP contribution in [0.4, 0.5) is 0 Å². The summed E-state index contributed by atoms with van der Waals surface area (Å²) in [6.45, 7) is 2.26. The van der Waals surface area contributed by atoms with Crippen LogP contribution in [0.2, 0.25) is 0 Å². The van der Waals surface area contributed by atoms with Crippen molar-refractivity contribution in [1.82, 2.24) is 4.90 Å². The van der Waals surface area contributed by atoms with E-state index in [2.05, 4.69) is 0 Å². The summed E-state index contributed by atoms with van der Waals surface area (Å²) in [5.74, 6) is 1.75. The zero-order valence-electron chi connectivity index (χ0n) is 22.0. The summed E-state index contributed by atoms with van der Waals surface area (Å²) in [4.78, 5) is 29.3. The number of hydrogen-bond donors (Lipinski definition) is 0. The van der Waals surface area contributed by atoms with Gasteiger partial charge in [0.1, 0.15) is 11.3 Å². The molecule has 8 heteroatoms. The summed E-state index contributed by atoms with van der Waals surface area (Å²) in [5, 5.41) is 0.436. The molecular formula is C30H29NO7. The second-order valence-corrected chi connectivity index (χ2v) is 9.13. The Balaban J connectivity index is 1.67. The van der Waals surface area contributed by atoms with E-state index in [0.29, 0.717) is 52.3 Å². The first kappa shape index (κ1) is 25.2. The maximum Gasteiger partial charge on any atom is 0.290 e. The highest BCUT2D eigenvalue weighted by Gasteiger charge is 2.43. The molecule has 0 spiro atoms. The standard InChI is InChI=1S/C30H29NO7/c1-17-6-11-22-21(14-17)27(32)25-26(19-15-23(35-3)28(37-5)24(16-19)36-4)31(30(33)29(25)38-22)13-12-18-7-9-20(34-2)10-8-18/h6-11,14-16,26H,12-13H2,1-5H3/t26-/m0/s1. The average molecular weight is 516 g/mol. The quantitative estimate of drug-likeness (QED) is 0.329. The summed E-state index contributed by atoms with van der Waals surface area (Å²) in [5.41, 5.74) is 3.06. The monoisotopic (exact) mass is 515 g/mol. The summed E-state index contributed by atoms with van der Waals surface area (Å²) in [6, 6.07) is 15.9. The molecule has 0 fully saturated rings. The Morgan fingerprint density at radius 3 is 2.13 bits per heavy atom. The summed E-state index contributed by atoms with van der Waals surface area (Å²) in [7, 11) is 6.20. The van der Waals surface area contributed by atoms with Crippen molar-refractivity contribution in [3.05, 3.63) is 92.8 Å². The van der Waals surface area contributed by atoms with Gasteiger partial charge in [-0.15, -0.1) is 0 Å². The van der Waals surface area contributed by atoms with Crippen molar-refractivity contribution in [2.24, 2.45) is 0 Å². The van der Waals surface area contributed by atoms with Gasteiger partial charge in [-0.1, -0.05) is 23.8 Å². The van der Waals surface area contributed by atoms with Gasteiger partial charge in [0.05, 0.1) is 45.4 Å². The molecule has 2 heterocycles. The van der Waals surface area contributed by atoms with Crippen LogP contribution in [0, 0.1) is 6.92 Å². The van der Waals surface area contributed by atoms with Gasteiger partial charge in [-0.25, -0.2) is 0 Å². The van der Waals surface area contributed by atoms with E-state index >= 15 is 0 Å². The largest absolute Gasteiger partial charge is 0.497 e. The van der Waals surface area contributed by atoms with E-state index in [-0.39, 0.29) is 17.1 Å². The van der Waals surface area contributed by atoms with E-state index in [1.54, 1.807) is 36.3 Å². The Labute approximate surface area is 220 Å². The van der Waals surface area contributed by atoms with Crippen molar-refractivity contribution in [2.75, 3.05) is 35.0 Å². The minimum absolute atomic E-state index is 0.0554. The molecule has 38 heavy (non-hydrogen) atoms. The molecule has 196 valence electrons.